The van der Waals surface area contributed by atoms with Gasteiger partial charge in [-0.3, -0.25) is 9.59 Å². The zero-order valence-corrected chi connectivity index (χ0v) is 11.3. The average molecular weight is 277 g/mol. The van der Waals surface area contributed by atoms with Crippen LogP contribution in [-0.4, -0.2) is 41.6 Å². The van der Waals surface area contributed by atoms with Crippen LogP contribution in [0.5, 0.6) is 0 Å². The number of carbonyl (C=O) groups is 2. The smallest absolute Gasteiger partial charge is 0.303 e. The SMILES string of the molecule is O=C(O)CCCNC(=O)c1ccc(N2CCCC2)nc1. The van der Waals surface area contributed by atoms with Gasteiger partial charge >= 0.3 is 5.97 Å². The van der Waals surface area contributed by atoms with Crippen molar-refractivity contribution in [2.75, 3.05) is 24.5 Å². The summed E-state index contributed by atoms with van der Waals surface area (Å²) in [5, 5.41) is 11.2. The van der Waals surface area contributed by atoms with Gasteiger partial charge in [-0.1, -0.05) is 0 Å². The Balaban J connectivity index is 1.82. The van der Waals surface area contributed by atoms with E-state index in [1.54, 1.807) is 12.3 Å². The van der Waals surface area contributed by atoms with Crippen molar-refractivity contribution in [1.82, 2.24) is 10.3 Å². The quantitative estimate of drug-likeness (QED) is 0.765. The maximum Gasteiger partial charge on any atom is 0.303 e. The maximum atomic E-state index is 11.8. The molecule has 0 unspecified atom stereocenters. The molecule has 0 aliphatic carbocycles. The molecule has 20 heavy (non-hydrogen) atoms. The van der Waals surface area contributed by atoms with Crippen molar-refractivity contribution in [3.63, 3.8) is 0 Å². The molecule has 1 aliphatic rings. The van der Waals surface area contributed by atoms with E-state index in [4.69, 9.17) is 5.11 Å². The van der Waals surface area contributed by atoms with E-state index in [1.165, 1.54) is 12.8 Å². The molecule has 6 heteroatoms. The van der Waals surface area contributed by atoms with E-state index in [9.17, 15) is 9.59 Å². The number of anilines is 1. The van der Waals surface area contributed by atoms with Crippen molar-refractivity contribution >= 4 is 17.7 Å². The minimum atomic E-state index is -0.851. The summed E-state index contributed by atoms with van der Waals surface area (Å²) in [5.74, 6) is -0.156. The van der Waals surface area contributed by atoms with E-state index < -0.39 is 5.97 Å². The number of carboxylic acids is 1. The first-order chi connectivity index (χ1) is 9.66. The Kier molecular flexibility index (Phi) is 4.92. The molecule has 1 aromatic heterocycles. The summed E-state index contributed by atoms with van der Waals surface area (Å²) in [6.07, 6.45) is 4.44. The molecule has 1 aliphatic heterocycles. The summed E-state index contributed by atoms with van der Waals surface area (Å²) >= 11 is 0. The monoisotopic (exact) mass is 277 g/mol. The lowest BCUT2D eigenvalue weighted by Crippen LogP contribution is -2.25. The molecule has 108 valence electrons. The first-order valence-corrected chi connectivity index (χ1v) is 6.88. The van der Waals surface area contributed by atoms with Gasteiger partial charge in [0.2, 0.25) is 0 Å². The van der Waals surface area contributed by atoms with E-state index >= 15 is 0 Å². The highest BCUT2D eigenvalue weighted by molar-refractivity contribution is 5.94. The number of carbonyl (C=O) groups excluding carboxylic acids is 1. The zero-order chi connectivity index (χ0) is 14.4. The van der Waals surface area contributed by atoms with Crippen molar-refractivity contribution in [1.29, 1.82) is 0 Å². The highest BCUT2D eigenvalue weighted by Crippen LogP contribution is 2.17. The first-order valence-electron chi connectivity index (χ1n) is 6.88. The zero-order valence-electron chi connectivity index (χ0n) is 11.3. The highest BCUT2D eigenvalue weighted by atomic mass is 16.4. The van der Waals surface area contributed by atoms with Crippen LogP contribution in [-0.2, 0) is 4.79 Å². The molecule has 1 fully saturated rings. The van der Waals surface area contributed by atoms with Gasteiger partial charge in [-0.15, -0.1) is 0 Å². The van der Waals surface area contributed by atoms with Crippen LogP contribution in [0.25, 0.3) is 0 Å². The predicted molar refractivity (Wildman–Crippen MR) is 74.9 cm³/mol. The van der Waals surface area contributed by atoms with Crippen molar-refractivity contribution in [2.45, 2.75) is 25.7 Å². The Morgan fingerprint density at radius 2 is 2.05 bits per heavy atom. The Morgan fingerprint density at radius 3 is 2.65 bits per heavy atom. The van der Waals surface area contributed by atoms with Crippen LogP contribution >= 0.6 is 0 Å². The van der Waals surface area contributed by atoms with Crippen molar-refractivity contribution in [3.8, 4) is 0 Å². The van der Waals surface area contributed by atoms with Gasteiger partial charge in [0, 0.05) is 32.3 Å². The number of amides is 1. The molecule has 2 N–H and O–H groups in total. The van der Waals surface area contributed by atoms with Crippen LogP contribution in [0.4, 0.5) is 5.82 Å². The lowest BCUT2D eigenvalue weighted by atomic mass is 10.2. The second-order valence-corrected chi connectivity index (χ2v) is 4.85. The summed E-state index contributed by atoms with van der Waals surface area (Å²) in [6, 6.07) is 3.62. The summed E-state index contributed by atoms with van der Waals surface area (Å²) in [5.41, 5.74) is 0.503. The lowest BCUT2D eigenvalue weighted by Gasteiger charge is -2.16. The third-order valence-corrected chi connectivity index (χ3v) is 3.29. The maximum absolute atomic E-state index is 11.8. The Bertz CT molecular complexity index is 467. The third-order valence-electron chi connectivity index (χ3n) is 3.29. The van der Waals surface area contributed by atoms with E-state index in [2.05, 4.69) is 15.2 Å². The molecule has 1 amide bonds. The number of pyridine rings is 1. The Hall–Kier alpha value is -2.11. The second-order valence-electron chi connectivity index (χ2n) is 4.85. The first kappa shape index (κ1) is 14.3. The number of hydrogen-bond acceptors (Lipinski definition) is 4. The molecule has 0 saturated carbocycles. The molecule has 0 atom stereocenters. The van der Waals surface area contributed by atoms with Crippen LogP contribution in [0.1, 0.15) is 36.0 Å². The van der Waals surface area contributed by atoms with E-state index in [0.29, 0.717) is 18.5 Å². The van der Waals surface area contributed by atoms with E-state index in [0.717, 1.165) is 18.9 Å². The number of aliphatic carboxylic acids is 1. The van der Waals surface area contributed by atoms with Crippen molar-refractivity contribution < 1.29 is 14.7 Å². The minimum absolute atomic E-state index is 0.0619. The van der Waals surface area contributed by atoms with Gasteiger partial charge < -0.3 is 15.3 Å². The molecule has 2 heterocycles. The van der Waals surface area contributed by atoms with Crippen molar-refractivity contribution in [3.05, 3.63) is 23.9 Å². The van der Waals surface area contributed by atoms with Crippen LogP contribution in [0.15, 0.2) is 18.3 Å². The molecule has 0 bridgehead atoms. The summed E-state index contributed by atoms with van der Waals surface area (Å²) in [7, 11) is 0. The summed E-state index contributed by atoms with van der Waals surface area (Å²) in [4.78, 5) is 28.7. The summed E-state index contributed by atoms with van der Waals surface area (Å²) in [6.45, 7) is 2.40. The molecule has 2 rings (SSSR count). The summed E-state index contributed by atoms with van der Waals surface area (Å²) < 4.78 is 0. The van der Waals surface area contributed by atoms with Gasteiger partial charge in [0.15, 0.2) is 0 Å². The largest absolute Gasteiger partial charge is 0.481 e. The fourth-order valence-corrected chi connectivity index (χ4v) is 2.20. The second kappa shape index (κ2) is 6.88. The molecule has 0 aromatic carbocycles. The Labute approximate surface area is 117 Å². The number of nitrogens with zero attached hydrogens (tertiary/aromatic N) is 2. The van der Waals surface area contributed by atoms with Gasteiger partial charge in [0.05, 0.1) is 5.56 Å². The number of hydrogen-bond donors (Lipinski definition) is 2. The highest BCUT2D eigenvalue weighted by Gasteiger charge is 2.14. The minimum Gasteiger partial charge on any atom is -0.481 e. The third kappa shape index (κ3) is 3.94. The predicted octanol–water partition coefficient (Wildman–Crippen LogP) is 1.28. The van der Waals surface area contributed by atoms with Crippen molar-refractivity contribution in [2.24, 2.45) is 0 Å². The van der Waals surface area contributed by atoms with Gasteiger partial charge in [-0.25, -0.2) is 4.98 Å². The molecule has 0 radical (unpaired) electrons. The molecule has 0 spiro atoms. The fourth-order valence-electron chi connectivity index (χ4n) is 2.20. The molecular formula is C14H19N3O3. The van der Waals surface area contributed by atoms with Crippen LogP contribution in [0.3, 0.4) is 0 Å². The van der Waals surface area contributed by atoms with E-state index in [1.807, 2.05) is 6.07 Å². The molecule has 6 nitrogen and oxygen atoms in total. The number of carboxylic acid groups (broad SMARTS) is 1. The Morgan fingerprint density at radius 1 is 1.30 bits per heavy atom. The molecule has 1 saturated heterocycles. The number of aromatic nitrogens is 1. The standard InChI is InChI=1S/C14H19N3O3/c18-13(19)4-3-7-15-14(20)11-5-6-12(16-10-11)17-8-1-2-9-17/h5-6,10H,1-4,7-9H2,(H,15,20)(H,18,19). The van der Waals surface area contributed by atoms with Gasteiger partial charge in [-0.05, 0) is 31.4 Å². The normalized spacial score (nSPS) is 14.3. The number of rotatable bonds is 6. The molecular weight excluding hydrogens is 258 g/mol. The lowest BCUT2D eigenvalue weighted by molar-refractivity contribution is -0.137. The number of nitrogens with one attached hydrogen (secondary N) is 1. The van der Waals surface area contributed by atoms with Gasteiger partial charge in [0.25, 0.3) is 5.91 Å². The van der Waals surface area contributed by atoms with Crippen LogP contribution in [0, 0.1) is 0 Å². The van der Waals surface area contributed by atoms with Crippen LogP contribution < -0.4 is 10.2 Å². The van der Waals surface area contributed by atoms with E-state index in [-0.39, 0.29) is 12.3 Å². The topological polar surface area (TPSA) is 82.5 Å². The van der Waals surface area contributed by atoms with Gasteiger partial charge in [-0.2, -0.15) is 0 Å². The van der Waals surface area contributed by atoms with Gasteiger partial charge in [0.1, 0.15) is 5.82 Å². The average Bonchev–Trinajstić information content (AvgIpc) is 2.97. The molecule has 1 aromatic rings. The fraction of sp³-hybridized carbons (Fsp3) is 0.500. The van der Waals surface area contributed by atoms with Crippen LogP contribution in [0.2, 0.25) is 0 Å².